The molecule has 1 heterocycles. The number of carbonyl (C=O) groups excluding carboxylic acids is 2. The fraction of sp³-hybridized carbons (Fsp3) is 0.667. The van der Waals surface area contributed by atoms with Gasteiger partial charge in [-0.2, -0.15) is 0 Å². The Labute approximate surface area is 208 Å². The summed E-state index contributed by atoms with van der Waals surface area (Å²) in [7, 11) is -3.47. The molecule has 8 nitrogen and oxygen atoms in total. The van der Waals surface area contributed by atoms with Gasteiger partial charge >= 0.3 is 0 Å². The lowest BCUT2D eigenvalue weighted by atomic mass is 9.91. The highest BCUT2D eigenvalue weighted by atomic mass is 35.5. The van der Waals surface area contributed by atoms with Gasteiger partial charge in [0.25, 0.3) is 0 Å². The lowest BCUT2D eigenvalue weighted by Crippen LogP contribution is -2.53. The minimum atomic E-state index is -3.47. The van der Waals surface area contributed by atoms with E-state index in [2.05, 4.69) is 16.0 Å². The molecule has 1 unspecified atom stereocenters. The van der Waals surface area contributed by atoms with Crippen LogP contribution in [0.1, 0.15) is 50.5 Å². The molecule has 34 heavy (non-hydrogen) atoms. The minimum Gasteiger partial charge on any atom is -0.391 e. The molecule has 1 saturated carbocycles. The molecular formula is C24H39ClN3O5P. The van der Waals surface area contributed by atoms with Gasteiger partial charge in [0.05, 0.1) is 18.3 Å². The van der Waals surface area contributed by atoms with Gasteiger partial charge in [-0.05, 0) is 43.7 Å². The maximum atomic E-state index is 12.9. The summed E-state index contributed by atoms with van der Waals surface area (Å²) >= 11 is 0. The minimum absolute atomic E-state index is 0. The van der Waals surface area contributed by atoms with Gasteiger partial charge in [0.2, 0.25) is 19.2 Å². The summed E-state index contributed by atoms with van der Waals surface area (Å²) in [5.41, 5.74) is 0.908. The SMILES string of the molecule is Cl.O=C(N[C@@H](Cc1ccccc1)C(=O)NC[C@@H](O)CP(=O)(O)CC1CCCCC1)[C@@H]1CCCN1. The number of benzene rings is 1. The highest BCUT2D eigenvalue weighted by Crippen LogP contribution is 2.45. The fourth-order valence-electron chi connectivity index (χ4n) is 4.82. The molecule has 192 valence electrons. The van der Waals surface area contributed by atoms with E-state index in [1.54, 1.807) is 0 Å². The molecule has 1 aromatic rings. The topological polar surface area (TPSA) is 128 Å². The predicted octanol–water partition coefficient (Wildman–Crippen LogP) is 2.22. The molecule has 5 N–H and O–H groups in total. The number of aliphatic hydroxyl groups is 1. The van der Waals surface area contributed by atoms with Crippen LogP contribution in [0, 0.1) is 5.92 Å². The lowest BCUT2D eigenvalue weighted by Gasteiger charge is -2.25. The van der Waals surface area contributed by atoms with Crippen LogP contribution >= 0.6 is 19.8 Å². The summed E-state index contributed by atoms with van der Waals surface area (Å²) in [6, 6.07) is 8.32. The molecule has 4 atom stereocenters. The van der Waals surface area contributed by atoms with Gasteiger partial charge in [-0.1, -0.05) is 49.6 Å². The molecule has 3 rings (SSSR count). The molecule has 0 radical (unpaired) electrons. The Morgan fingerprint density at radius 2 is 1.79 bits per heavy atom. The van der Waals surface area contributed by atoms with Gasteiger partial charge in [-0.25, -0.2) is 0 Å². The van der Waals surface area contributed by atoms with E-state index < -0.39 is 25.4 Å². The van der Waals surface area contributed by atoms with E-state index >= 15 is 0 Å². The van der Waals surface area contributed by atoms with Gasteiger partial charge in [-0.15, -0.1) is 12.4 Å². The predicted molar refractivity (Wildman–Crippen MR) is 136 cm³/mol. The summed E-state index contributed by atoms with van der Waals surface area (Å²) in [5, 5.41) is 19.0. The molecule has 1 saturated heterocycles. The number of hydrogen-bond donors (Lipinski definition) is 5. The van der Waals surface area contributed by atoms with E-state index in [0.717, 1.165) is 50.6 Å². The monoisotopic (exact) mass is 515 g/mol. The van der Waals surface area contributed by atoms with Crippen molar-refractivity contribution in [2.45, 2.75) is 69.6 Å². The van der Waals surface area contributed by atoms with E-state index in [9.17, 15) is 24.2 Å². The van der Waals surface area contributed by atoms with Gasteiger partial charge in [0, 0.05) is 19.1 Å². The van der Waals surface area contributed by atoms with Crippen LogP contribution in [0.2, 0.25) is 0 Å². The Hall–Kier alpha value is -1.44. The normalized spacial score (nSPS) is 22.1. The first-order valence-electron chi connectivity index (χ1n) is 12.2. The van der Waals surface area contributed by atoms with Crippen molar-refractivity contribution < 1.29 is 24.2 Å². The second-order valence-corrected chi connectivity index (χ2v) is 11.9. The second kappa shape index (κ2) is 14.2. The van der Waals surface area contributed by atoms with Crippen molar-refractivity contribution in [3.63, 3.8) is 0 Å². The van der Waals surface area contributed by atoms with Crippen LogP contribution < -0.4 is 16.0 Å². The molecule has 2 amide bonds. The van der Waals surface area contributed by atoms with Gasteiger partial charge < -0.3 is 26.0 Å². The summed E-state index contributed by atoms with van der Waals surface area (Å²) in [6.07, 6.45) is 6.16. The first kappa shape index (κ1) is 28.8. The number of aliphatic hydroxyl groups excluding tert-OH is 1. The van der Waals surface area contributed by atoms with Crippen molar-refractivity contribution in [1.29, 1.82) is 0 Å². The largest absolute Gasteiger partial charge is 0.391 e. The zero-order chi connectivity index (χ0) is 23.7. The number of rotatable bonds is 11. The molecular weight excluding hydrogens is 477 g/mol. The van der Waals surface area contributed by atoms with Crippen LogP contribution in [0.4, 0.5) is 0 Å². The summed E-state index contributed by atoms with van der Waals surface area (Å²) in [6.45, 7) is 0.652. The van der Waals surface area contributed by atoms with Crippen LogP contribution in [0.3, 0.4) is 0 Å². The highest BCUT2D eigenvalue weighted by molar-refractivity contribution is 7.58. The van der Waals surface area contributed by atoms with Crippen LogP contribution in [0.5, 0.6) is 0 Å². The van der Waals surface area contributed by atoms with Gasteiger partial charge in [0.1, 0.15) is 6.04 Å². The molecule has 0 aromatic heterocycles. The molecule has 2 fully saturated rings. The first-order valence-corrected chi connectivity index (χ1v) is 14.2. The highest BCUT2D eigenvalue weighted by Gasteiger charge is 2.30. The zero-order valence-corrected chi connectivity index (χ0v) is 21.4. The van der Waals surface area contributed by atoms with Gasteiger partial charge in [0.15, 0.2) is 0 Å². The Kier molecular flexibility index (Phi) is 12.0. The van der Waals surface area contributed by atoms with E-state index in [4.69, 9.17) is 0 Å². The third kappa shape index (κ3) is 9.67. The molecule has 1 aliphatic carbocycles. The van der Waals surface area contributed by atoms with Crippen molar-refractivity contribution in [3.05, 3.63) is 35.9 Å². The zero-order valence-electron chi connectivity index (χ0n) is 19.7. The summed E-state index contributed by atoms with van der Waals surface area (Å²) in [5.74, 6) is -0.383. The van der Waals surface area contributed by atoms with E-state index in [-0.39, 0.29) is 49.1 Å². The molecule has 1 aromatic carbocycles. The van der Waals surface area contributed by atoms with Crippen molar-refractivity contribution in [3.8, 4) is 0 Å². The second-order valence-electron chi connectivity index (χ2n) is 9.51. The fourth-order valence-corrected chi connectivity index (χ4v) is 6.93. The summed E-state index contributed by atoms with van der Waals surface area (Å²) < 4.78 is 12.6. The molecule has 1 aliphatic heterocycles. The van der Waals surface area contributed by atoms with Gasteiger partial charge in [-0.3, -0.25) is 14.2 Å². The van der Waals surface area contributed by atoms with Crippen molar-refractivity contribution in [2.24, 2.45) is 5.92 Å². The Morgan fingerprint density at radius 1 is 1.09 bits per heavy atom. The van der Waals surface area contributed by atoms with Crippen LogP contribution in [0.25, 0.3) is 0 Å². The number of nitrogens with one attached hydrogen (secondary N) is 3. The molecule has 10 heteroatoms. The smallest absolute Gasteiger partial charge is 0.243 e. The maximum Gasteiger partial charge on any atom is 0.243 e. The van der Waals surface area contributed by atoms with E-state index in [1.165, 1.54) is 6.42 Å². The maximum absolute atomic E-state index is 12.9. The standard InChI is InChI=1S/C24H38N3O5P.ClH/c28-20(17-33(31,32)16-19-10-5-2-6-11-19)15-26-23(29)22(14-18-8-3-1-4-9-18)27-24(30)21-12-7-13-25-21;/h1,3-4,8-9,19-22,25,28H,2,5-7,10-17H2,(H,26,29)(H,27,30)(H,31,32);1H/t20-,21+,22+;/m1./s1. The number of halogens is 1. The number of carbonyl (C=O) groups is 2. The molecule has 2 aliphatic rings. The van der Waals surface area contributed by atoms with Crippen LogP contribution in [-0.4, -0.2) is 65.4 Å². The summed E-state index contributed by atoms with van der Waals surface area (Å²) in [4.78, 5) is 35.9. The quantitative estimate of drug-likeness (QED) is 0.287. The average Bonchev–Trinajstić information content (AvgIpc) is 3.33. The van der Waals surface area contributed by atoms with Crippen molar-refractivity contribution in [2.75, 3.05) is 25.4 Å². The Morgan fingerprint density at radius 3 is 2.44 bits per heavy atom. The number of hydrogen-bond acceptors (Lipinski definition) is 5. The Balaban J connectivity index is 0.00000408. The first-order chi connectivity index (χ1) is 15.8. The molecule has 0 spiro atoms. The third-order valence-corrected chi connectivity index (χ3v) is 8.65. The molecule has 0 bridgehead atoms. The third-order valence-electron chi connectivity index (χ3n) is 6.57. The number of amides is 2. The average molecular weight is 516 g/mol. The van der Waals surface area contributed by atoms with Crippen LogP contribution in [-0.2, 0) is 20.6 Å². The van der Waals surface area contributed by atoms with Crippen LogP contribution in [0.15, 0.2) is 30.3 Å². The lowest BCUT2D eigenvalue weighted by molar-refractivity contribution is -0.130. The Bertz CT molecular complexity index is 816. The van der Waals surface area contributed by atoms with E-state index in [1.807, 2.05) is 30.3 Å². The van der Waals surface area contributed by atoms with Crippen molar-refractivity contribution in [1.82, 2.24) is 16.0 Å². The van der Waals surface area contributed by atoms with Crippen molar-refractivity contribution >= 4 is 31.6 Å². The van der Waals surface area contributed by atoms with E-state index in [0.29, 0.717) is 6.42 Å².